The minimum absolute atomic E-state index is 0.238. The molecule has 86 valence electrons. The van der Waals surface area contributed by atoms with Gasteiger partial charge >= 0.3 is 0 Å². The van der Waals surface area contributed by atoms with Crippen molar-refractivity contribution in [2.24, 2.45) is 5.92 Å². The number of aliphatic hydroxyl groups excluding tert-OH is 1. The summed E-state index contributed by atoms with van der Waals surface area (Å²) in [7, 11) is 0. The standard InChI is InChI=1S/C12H22N2O/c13-10-11-6-5-7-12(11)14-8-3-1-2-4-9-15/h11-12,14-15H,1-9H2. The second-order valence-electron chi connectivity index (χ2n) is 4.36. The van der Waals surface area contributed by atoms with E-state index in [4.69, 9.17) is 10.4 Å². The minimum Gasteiger partial charge on any atom is -0.396 e. The number of hydrogen-bond acceptors (Lipinski definition) is 3. The molecule has 1 aliphatic carbocycles. The monoisotopic (exact) mass is 210 g/mol. The van der Waals surface area contributed by atoms with E-state index in [2.05, 4.69) is 11.4 Å². The fourth-order valence-electron chi connectivity index (χ4n) is 2.24. The summed E-state index contributed by atoms with van der Waals surface area (Å²) in [4.78, 5) is 0. The van der Waals surface area contributed by atoms with Crippen molar-refractivity contribution in [3.63, 3.8) is 0 Å². The van der Waals surface area contributed by atoms with Crippen LogP contribution >= 0.6 is 0 Å². The first-order chi connectivity index (χ1) is 7.38. The third-order valence-corrected chi connectivity index (χ3v) is 3.17. The van der Waals surface area contributed by atoms with E-state index in [9.17, 15) is 0 Å². The Kier molecular flexibility index (Phi) is 6.38. The van der Waals surface area contributed by atoms with E-state index in [0.29, 0.717) is 12.6 Å². The van der Waals surface area contributed by atoms with Gasteiger partial charge in [-0.05, 0) is 32.2 Å². The maximum absolute atomic E-state index is 8.89. The first-order valence-corrected chi connectivity index (χ1v) is 6.12. The van der Waals surface area contributed by atoms with Gasteiger partial charge in [-0.1, -0.05) is 19.3 Å². The SMILES string of the molecule is N#CC1CCCC1NCCCCCCO. The van der Waals surface area contributed by atoms with Crippen LogP contribution in [0.2, 0.25) is 0 Å². The predicted octanol–water partition coefficient (Wildman–Crippen LogP) is 1.82. The van der Waals surface area contributed by atoms with Crippen LogP contribution in [0.25, 0.3) is 0 Å². The Balaban J connectivity index is 1.98. The van der Waals surface area contributed by atoms with E-state index in [1.165, 1.54) is 12.8 Å². The number of nitrogens with one attached hydrogen (secondary N) is 1. The highest BCUT2D eigenvalue weighted by Crippen LogP contribution is 2.24. The second kappa shape index (κ2) is 7.67. The topological polar surface area (TPSA) is 56.0 Å². The van der Waals surface area contributed by atoms with E-state index < -0.39 is 0 Å². The minimum atomic E-state index is 0.238. The molecular formula is C12H22N2O. The lowest BCUT2D eigenvalue weighted by molar-refractivity contribution is 0.282. The van der Waals surface area contributed by atoms with E-state index >= 15 is 0 Å². The largest absolute Gasteiger partial charge is 0.396 e. The van der Waals surface area contributed by atoms with Gasteiger partial charge in [0.15, 0.2) is 0 Å². The third-order valence-electron chi connectivity index (χ3n) is 3.17. The van der Waals surface area contributed by atoms with Crippen molar-refractivity contribution >= 4 is 0 Å². The van der Waals surface area contributed by atoms with Crippen LogP contribution in [0.5, 0.6) is 0 Å². The zero-order chi connectivity index (χ0) is 10.9. The van der Waals surface area contributed by atoms with E-state index in [-0.39, 0.29) is 5.92 Å². The molecule has 2 unspecified atom stereocenters. The van der Waals surface area contributed by atoms with Gasteiger partial charge in [0.2, 0.25) is 0 Å². The Hall–Kier alpha value is -0.590. The average Bonchev–Trinajstić information content (AvgIpc) is 2.70. The van der Waals surface area contributed by atoms with Gasteiger partial charge in [0.05, 0.1) is 12.0 Å². The molecule has 3 nitrogen and oxygen atoms in total. The van der Waals surface area contributed by atoms with Crippen molar-refractivity contribution in [1.29, 1.82) is 5.26 Å². The molecule has 0 aromatic rings. The quantitative estimate of drug-likeness (QED) is 0.630. The molecule has 1 saturated carbocycles. The van der Waals surface area contributed by atoms with Crippen molar-refractivity contribution in [1.82, 2.24) is 5.32 Å². The molecule has 3 heteroatoms. The van der Waals surface area contributed by atoms with Crippen LogP contribution < -0.4 is 5.32 Å². The highest BCUT2D eigenvalue weighted by Gasteiger charge is 2.25. The van der Waals surface area contributed by atoms with E-state index in [1.54, 1.807) is 0 Å². The van der Waals surface area contributed by atoms with Crippen molar-refractivity contribution in [3.8, 4) is 6.07 Å². The molecule has 1 aliphatic rings. The van der Waals surface area contributed by atoms with Gasteiger partial charge in [-0.15, -0.1) is 0 Å². The van der Waals surface area contributed by atoms with Gasteiger partial charge in [-0.2, -0.15) is 5.26 Å². The summed E-state index contributed by atoms with van der Waals surface area (Å²) in [5, 5.41) is 21.0. The van der Waals surface area contributed by atoms with Crippen LogP contribution in [0.15, 0.2) is 0 Å². The Labute approximate surface area is 92.5 Å². The summed E-state index contributed by atoms with van der Waals surface area (Å²) >= 11 is 0. The van der Waals surface area contributed by atoms with Gasteiger partial charge in [0.1, 0.15) is 0 Å². The van der Waals surface area contributed by atoms with E-state index in [0.717, 1.165) is 38.6 Å². The van der Waals surface area contributed by atoms with Crippen LogP contribution in [0.1, 0.15) is 44.9 Å². The number of unbranched alkanes of at least 4 members (excludes halogenated alkanes) is 3. The van der Waals surface area contributed by atoms with Crippen LogP contribution in [0, 0.1) is 17.2 Å². The fraction of sp³-hybridized carbons (Fsp3) is 0.917. The van der Waals surface area contributed by atoms with Crippen molar-refractivity contribution in [2.45, 2.75) is 51.0 Å². The Morgan fingerprint density at radius 3 is 2.73 bits per heavy atom. The summed E-state index contributed by atoms with van der Waals surface area (Å²) in [6.07, 6.45) is 7.80. The molecule has 0 saturated heterocycles. The summed E-state index contributed by atoms with van der Waals surface area (Å²) in [5.41, 5.74) is 0. The molecule has 0 aromatic carbocycles. The molecule has 2 atom stereocenters. The molecule has 15 heavy (non-hydrogen) atoms. The number of aliphatic hydroxyl groups is 1. The van der Waals surface area contributed by atoms with E-state index in [1.807, 2.05) is 0 Å². The zero-order valence-corrected chi connectivity index (χ0v) is 9.41. The zero-order valence-electron chi connectivity index (χ0n) is 9.41. The Morgan fingerprint density at radius 1 is 1.20 bits per heavy atom. The third kappa shape index (κ3) is 4.63. The lowest BCUT2D eigenvalue weighted by Crippen LogP contribution is -2.32. The molecule has 0 bridgehead atoms. The molecule has 0 aliphatic heterocycles. The highest BCUT2D eigenvalue weighted by atomic mass is 16.2. The number of rotatable bonds is 7. The van der Waals surface area contributed by atoms with Crippen LogP contribution in [0.3, 0.4) is 0 Å². The number of hydrogen-bond donors (Lipinski definition) is 2. The second-order valence-corrected chi connectivity index (χ2v) is 4.36. The molecule has 0 aromatic heterocycles. The van der Waals surface area contributed by atoms with Gasteiger partial charge in [0, 0.05) is 12.6 Å². The van der Waals surface area contributed by atoms with Crippen LogP contribution in [-0.4, -0.2) is 24.3 Å². The molecule has 2 N–H and O–H groups in total. The molecule has 0 spiro atoms. The van der Waals surface area contributed by atoms with Crippen molar-refractivity contribution in [2.75, 3.05) is 13.2 Å². The lowest BCUT2D eigenvalue weighted by Gasteiger charge is -2.15. The van der Waals surface area contributed by atoms with Gasteiger partial charge < -0.3 is 10.4 Å². The first-order valence-electron chi connectivity index (χ1n) is 6.12. The molecular weight excluding hydrogens is 188 g/mol. The molecule has 1 rings (SSSR count). The summed E-state index contributed by atoms with van der Waals surface area (Å²) < 4.78 is 0. The predicted molar refractivity (Wildman–Crippen MR) is 60.3 cm³/mol. The van der Waals surface area contributed by atoms with Crippen molar-refractivity contribution in [3.05, 3.63) is 0 Å². The Morgan fingerprint density at radius 2 is 2.00 bits per heavy atom. The molecule has 0 radical (unpaired) electrons. The Bertz CT molecular complexity index is 200. The van der Waals surface area contributed by atoms with Gasteiger partial charge in [-0.25, -0.2) is 0 Å². The normalized spacial score (nSPS) is 25.3. The highest BCUT2D eigenvalue weighted by molar-refractivity contribution is 4.96. The summed E-state index contributed by atoms with van der Waals surface area (Å²) in [6.45, 7) is 1.33. The van der Waals surface area contributed by atoms with Gasteiger partial charge in [0.25, 0.3) is 0 Å². The number of nitriles is 1. The number of nitrogens with zero attached hydrogens (tertiary/aromatic N) is 1. The molecule has 0 amide bonds. The summed E-state index contributed by atoms with van der Waals surface area (Å²) in [5.74, 6) is 0.238. The smallest absolute Gasteiger partial charge is 0.0672 e. The molecule has 1 fully saturated rings. The maximum Gasteiger partial charge on any atom is 0.0672 e. The fourth-order valence-corrected chi connectivity index (χ4v) is 2.24. The first kappa shape index (κ1) is 12.5. The van der Waals surface area contributed by atoms with Crippen LogP contribution in [-0.2, 0) is 0 Å². The average molecular weight is 210 g/mol. The van der Waals surface area contributed by atoms with Crippen molar-refractivity contribution < 1.29 is 5.11 Å². The summed E-state index contributed by atoms with van der Waals surface area (Å²) in [6, 6.07) is 2.82. The lowest BCUT2D eigenvalue weighted by atomic mass is 10.1. The van der Waals surface area contributed by atoms with Crippen LogP contribution in [0.4, 0.5) is 0 Å². The maximum atomic E-state index is 8.89. The van der Waals surface area contributed by atoms with Gasteiger partial charge in [-0.3, -0.25) is 0 Å². The molecule has 0 heterocycles.